The van der Waals surface area contributed by atoms with Gasteiger partial charge in [-0.1, -0.05) is 17.8 Å². The molecular weight excluding hydrogens is 280 g/mol. The van der Waals surface area contributed by atoms with E-state index < -0.39 is 17.4 Å². The van der Waals surface area contributed by atoms with E-state index >= 15 is 0 Å². The summed E-state index contributed by atoms with van der Waals surface area (Å²) in [6, 6.07) is 0. The van der Waals surface area contributed by atoms with Gasteiger partial charge in [0.1, 0.15) is 0 Å². The molecule has 2 aromatic heterocycles. The summed E-state index contributed by atoms with van der Waals surface area (Å²) in [5.41, 5.74) is -0.312. The smallest absolute Gasteiger partial charge is 0.329 e. The second-order valence-corrected chi connectivity index (χ2v) is 5.43. The minimum atomic E-state index is -0.502. The van der Waals surface area contributed by atoms with Crippen LogP contribution < -0.4 is 11.2 Å². The monoisotopic (exact) mass is 296 g/mol. The van der Waals surface area contributed by atoms with Crippen molar-refractivity contribution < 1.29 is 5.11 Å². The zero-order valence-electron chi connectivity index (χ0n) is 11.3. The second-order valence-electron chi connectivity index (χ2n) is 4.44. The molecule has 0 aromatic carbocycles. The molecular formula is C12H16N4O3S. The van der Waals surface area contributed by atoms with Crippen LogP contribution in [0, 0.1) is 0 Å². The van der Waals surface area contributed by atoms with Crippen LogP contribution in [0.3, 0.4) is 0 Å². The van der Waals surface area contributed by atoms with E-state index in [9.17, 15) is 14.7 Å². The molecule has 2 rings (SSSR count). The summed E-state index contributed by atoms with van der Waals surface area (Å²) in [6.45, 7) is 5.74. The lowest BCUT2D eigenvalue weighted by Crippen LogP contribution is -2.29. The van der Waals surface area contributed by atoms with Crippen LogP contribution in [0.2, 0.25) is 0 Å². The van der Waals surface area contributed by atoms with Crippen LogP contribution in [0.1, 0.15) is 6.92 Å². The van der Waals surface area contributed by atoms with Crippen molar-refractivity contribution in [1.29, 1.82) is 0 Å². The number of H-pyrrole nitrogens is 1. The first-order valence-electron chi connectivity index (χ1n) is 6.07. The summed E-state index contributed by atoms with van der Waals surface area (Å²) in [4.78, 5) is 30.2. The molecule has 0 aliphatic carbocycles. The Labute approximate surface area is 119 Å². The predicted octanol–water partition coefficient (Wildman–Crippen LogP) is 0.0822. The van der Waals surface area contributed by atoms with Crippen molar-refractivity contribution in [3.05, 3.63) is 33.5 Å². The Morgan fingerprint density at radius 1 is 1.55 bits per heavy atom. The lowest BCUT2D eigenvalue weighted by molar-refractivity contribution is 0.220. The average Bonchev–Trinajstić information content (AvgIpc) is 2.74. The third-order valence-corrected chi connectivity index (χ3v) is 3.96. The highest BCUT2D eigenvalue weighted by atomic mass is 32.2. The Morgan fingerprint density at radius 2 is 2.25 bits per heavy atom. The van der Waals surface area contributed by atoms with Gasteiger partial charge in [0.25, 0.3) is 5.56 Å². The zero-order valence-corrected chi connectivity index (χ0v) is 12.1. The lowest BCUT2D eigenvalue weighted by atomic mass is 10.5. The highest BCUT2D eigenvalue weighted by molar-refractivity contribution is 7.99. The highest BCUT2D eigenvalue weighted by Gasteiger charge is 2.17. The Hall–Kier alpha value is -1.80. The summed E-state index contributed by atoms with van der Waals surface area (Å²) < 4.78 is 2.98. The molecule has 0 aliphatic heterocycles. The SMILES string of the molecule is C=CCn1c(SCC(C)O)nc2c1c(=O)[nH]c(=O)n2C. The molecule has 7 nitrogen and oxygen atoms in total. The van der Waals surface area contributed by atoms with E-state index in [4.69, 9.17) is 0 Å². The van der Waals surface area contributed by atoms with Crippen molar-refractivity contribution in [1.82, 2.24) is 19.1 Å². The normalized spacial score (nSPS) is 12.8. The Kier molecular flexibility index (Phi) is 4.15. The molecule has 1 unspecified atom stereocenters. The van der Waals surface area contributed by atoms with Gasteiger partial charge in [0.2, 0.25) is 0 Å². The van der Waals surface area contributed by atoms with E-state index in [-0.39, 0.29) is 0 Å². The number of hydrogen-bond donors (Lipinski definition) is 2. The molecule has 8 heteroatoms. The summed E-state index contributed by atoms with van der Waals surface area (Å²) >= 11 is 1.33. The minimum Gasteiger partial charge on any atom is -0.393 e. The van der Waals surface area contributed by atoms with Gasteiger partial charge < -0.3 is 9.67 Å². The summed E-state index contributed by atoms with van der Waals surface area (Å²) in [5.74, 6) is 0.451. The zero-order chi connectivity index (χ0) is 14.9. The lowest BCUT2D eigenvalue weighted by Gasteiger charge is -2.06. The Balaban J connectivity index is 2.69. The summed E-state index contributed by atoms with van der Waals surface area (Å²) in [7, 11) is 1.55. The fraction of sp³-hybridized carbons (Fsp3) is 0.417. The first kappa shape index (κ1) is 14.6. The van der Waals surface area contributed by atoms with Gasteiger partial charge in [-0.3, -0.25) is 14.3 Å². The Bertz CT molecular complexity index is 756. The van der Waals surface area contributed by atoms with Gasteiger partial charge in [-0.25, -0.2) is 9.78 Å². The molecule has 2 N–H and O–H groups in total. The van der Waals surface area contributed by atoms with E-state index in [1.807, 2.05) is 0 Å². The van der Waals surface area contributed by atoms with Gasteiger partial charge in [-0.05, 0) is 6.92 Å². The van der Waals surface area contributed by atoms with Gasteiger partial charge in [0, 0.05) is 19.3 Å². The van der Waals surface area contributed by atoms with Crippen molar-refractivity contribution in [3.63, 3.8) is 0 Å². The number of aliphatic hydroxyl groups excluding tert-OH is 1. The van der Waals surface area contributed by atoms with Crippen LogP contribution in [0.4, 0.5) is 0 Å². The Morgan fingerprint density at radius 3 is 2.85 bits per heavy atom. The predicted molar refractivity (Wildman–Crippen MR) is 78.2 cm³/mol. The first-order chi connectivity index (χ1) is 9.45. The maximum absolute atomic E-state index is 12.0. The van der Waals surface area contributed by atoms with Crippen LogP contribution in [-0.4, -0.2) is 36.1 Å². The minimum absolute atomic E-state index is 0.327. The number of thioether (sulfide) groups is 1. The molecule has 2 aromatic rings. The van der Waals surface area contributed by atoms with Crippen molar-refractivity contribution in [3.8, 4) is 0 Å². The highest BCUT2D eigenvalue weighted by Crippen LogP contribution is 2.22. The summed E-state index contributed by atoms with van der Waals surface area (Å²) in [5, 5.41) is 9.94. The molecule has 0 bridgehead atoms. The van der Waals surface area contributed by atoms with Gasteiger partial charge in [-0.15, -0.1) is 6.58 Å². The van der Waals surface area contributed by atoms with E-state index in [2.05, 4.69) is 16.5 Å². The third-order valence-electron chi connectivity index (χ3n) is 2.74. The standard InChI is InChI=1S/C12H16N4O3S/c1-4-5-16-8-9(13-12(16)20-6-7(2)17)15(3)11(19)14-10(8)18/h4,7,17H,1,5-6H2,2-3H3,(H,14,18,19). The number of fused-ring (bicyclic) bond motifs is 1. The number of aromatic nitrogens is 4. The topological polar surface area (TPSA) is 92.9 Å². The molecule has 0 radical (unpaired) electrons. The molecule has 0 aliphatic rings. The van der Waals surface area contributed by atoms with E-state index in [0.29, 0.717) is 28.6 Å². The molecule has 1 atom stereocenters. The molecule has 0 saturated carbocycles. The van der Waals surface area contributed by atoms with Crippen LogP contribution >= 0.6 is 11.8 Å². The van der Waals surface area contributed by atoms with Crippen LogP contribution in [0.5, 0.6) is 0 Å². The number of allylic oxidation sites excluding steroid dienone is 1. The molecule has 0 spiro atoms. The quantitative estimate of drug-likeness (QED) is 0.602. The number of aryl methyl sites for hydroxylation is 1. The average molecular weight is 296 g/mol. The van der Waals surface area contributed by atoms with Gasteiger partial charge in [-0.2, -0.15) is 0 Å². The molecule has 20 heavy (non-hydrogen) atoms. The number of hydrogen-bond acceptors (Lipinski definition) is 5. The molecule has 2 heterocycles. The third kappa shape index (κ3) is 2.56. The first-order valence-corrected chi connectivity index (χ1v) is 7.05. The fourth-order valence-electron chi connectivity index (χ4n) is 1.82. The van der Waals surface area contributed by atoms with Crippen molar-refractivity contribution >= 4 is 22.9 Å². The van der Waals surface area contributed by atoms with E-state index in [1.165, 1.54) is 16.3 Å². The fourth-order valence-corrected chi connectivity index (χ4v) is 2.68. The number of nitrogens with zero attached hydrogens (tertiary/aromatic N) is 3. The molecule has 0 fully saturated rings. The van der Waals surface area contributed by atoms with Crippen molar-refractivity contribution in [2.45, 2.75) is 24.7 Å². The van der Waals surface area contributed by atoms with E-state index in [0.717, 1.165) is 0 Å². The number of nitrogens with one attached hydrogen (secondary N) is 1. The van der Waals surface area contributed by atoms with Crippen LogP contribution in [-0.2, 0) is 13.6 Å². The van der Waals surface area contributed by atoms with E-state index in [1.54, 1.807) is 24.6 Å². The maximum atomic E-state index is 12.0. The number of aromatic amines is 1. The van der Waals surface area contributed by atoms with Crippen LogP contribution in [0.15, 0.2) is 27.4 Å². The van der Waals surface area contributed by atoms with Crippen molar-refractivity contribution in [2.75, 3.05) is 5.75 Å². The maximum Gasteiger partial charge on any atom is 0.329 e. The number of rotatable bonds is 5. The summed E-state index contributed by atoms with van der Waals surface area (Å²) in [6.07, 6.45) is 1.16. The molecule has 0 amide bonds. The van der Waals surface area contributed by atoms with Gasteiger partial charge >= 0.3 is 5.69 Å². The molecule has 0 saturated heterocycles. The number of imidazole rings is 1. The van der Waals surface area contributed by atoms with Crippen LogP contribution in [0.25, 0.3) is 11.2 Å². The largest absolute Gasteiger partial charge is 0.393 e. The van der Waals surface area contributed by atoms with Gasteiger partial charge in [0.05, 0.1) is 6.10 Å². The molecule has 108 valence electrons. The number of aliphatic hydroxyl groups is 1. The van der Waals surface area contributed by atoms with Gasteiger partial charge in [0.15, 0.2) is 16.3 Å². The second kappa shape index (κ2) is 5.68. The van der Waals surface area contributed by atoms with Crippen molar-refractivity contribution in [2.24, 2.45) is 7.05 Å².